The number of nitrogens with one attached hydrogen (secondary N) is 1. The van der Waals surface area contributed by atoms with Crippen molar-refractivity contribution in [1.82, 2.24) is 20.1 Å². The molecule has 1 atom stereocenters. The number of piperidine rings is 1. The zero-order chi connectivity index (χ0) is 27.8. The van der Waals surface area contributed by atoms with Crippen molar-refractivity contribution in [1.29, 1.82) is 0 Å². The Hall–Kier alpha value is -4.55. The van der Waals surface area contributed by atoms with Gasteiger partial charge in [0.25, 0.3) is 17.7 Å². The number of aromatic nitrogens is 3. The second-order valence-electron chi connectivity index (χ2n) is 8.77. The molecule has 0 spiro atoms. The van der Waals surface area contributed by atoms with E-state index < -0.39 is 54.7 Å². The summed E-state index contributed by atoms with van der Waals surface area (Å²) in [6.45, 7) is -0.904. The molecule has 0 saturated carbocycles. The highest BCUT2D eigenvalue weighted by molar-refractivity contribution is 6.00. The lowest BCUT2D eigenvalue weighted by Crippen LogP contribution is -2.55. The summed E-state index contributed by atoms with van der Waals surface area (Å²) in [5.74, 6) is -8.09. The molecule has 202 valence electrons. The number of para-hydroxylation sites is 1. The fourth-order valence-corrected chi connectivity index (χ4v) is 4.20. The average molecular weight is 546 g/mol. The van der Waals surface area contributed by atoms with Crippen LogP contribution < -0.4 is 9.47 Å². The van der Waals surface area contributed by atoms with Crippen molar-refractivity contribution in [2.75, 3.05) is 13.1 Å². The number of rotatable bonds is 5. The summed E-state index contributed by atoms with van der Waals surface area (Å²) >= 11 is 0. The minimum Gasteiger partial charge on any atom is -0.463 e. The summed E-state index contributed by atoms with van der Waals surface area (Å²) < 4.78 is 78.6. The first kappa shape index (κ1) is 26.1. The smallest absolute Gasteiger partial charge is 0.463 e. The van der Waals surface area contributed by atoms with Gasteiger partial charge in [0.15, 0.2) is 11.9 Å². The fraction of sp³-hybridized carbons (Fsp3) is 0.231. The molecule has 1 fully saturated rings. The zero-order valence-electron chi connectivity index (χ0n) is 19.9. The highest BCUT2D eigenvalue weighted by Crippen LogP contribution is 2.37. The van der Waals surface area contributed by atoms with Gasteiger partial charge in [0.05, 0.1) is 18.3 Å². The molecule has 0 bridgehead atoms. The van der Waals surface area contributed by atoms with Crippen molar-refractivity contribution in [2.45, 2.75) is 24.6 Å². The Morgan fingerprint density at radius 3 is 2.56 bits per heavy atom. The van der Waals surface area contributed by atoms with Crippen LogP contribution in [0.3, 0.4) is 0 Å². The van der Waals surface area contributed by atoms with E-state index >= 15 is 8.78 Å². The van der Waals surface area contributed by atoms with E-state index in [2.05, 4.69) is 19.9 Å². The Morgan fingerprint density at radius 1 is 1.08 bits per heavy atom. The molecule has 39 heavy (non-hydrogen) atoms. The summed E-state index contributed by atoms with van der Waals surface area (Å²) in [4.78, 5) is 30.1. The van der Waals surface area contributed by atoms with Crippen LogP contribution in [0.15, 0.2) is 67.0 Å². The third kappa shape index (κ3) is 5.38. The topological polar surface area (TPSA) is 97.4 Å². The Kier molecular flexibility index (Phi) is 6.66. The second-order valence-corrected chi connectivity index (χ2v) is 8.77. The van der Waals surface area contributed by atoms with Crippen LogP contribution in [0.1, 0.15) is 16.8 Å². The van der Waals surface area contributed by atoms with Crippen molar-refractivity contribution in [3.05, 3.63) is 72.6 Å². The van der Waals surface area contributed by atoms with Crippen molar-refractivity contribution >= 4 is 22.8 Å². The van der Waals surface area contributed by atoms with Gasteiger partial charge in [-0.05, 0) is 23.8 Å². The van der Waals surface area contributed by atoms with E-state index in [-0.39, 0.29) is 23.0 Å². The Morgan fingerprint density at radius 2 is 1.82 bits per heavy atom. The van der Waals surface area contributed by atoms with Gasteiger partial charge in [-0.2, -0.15) is 18.3 Å². The predicted octanol–water partition coefficient (Wildman–Crippen LogP) is 5.02. The monoisotopic (exact) mass is 546 g/mol. The fourth-order valence-electron chi connectivity index (χ4n) is 4.20. The average Bonchev–Trinajstić information content (AvgIpc) is 3.44. The van der Waals surface area contributed by atoms with E-state index in [1.807, 2.05) is 0 Å². The van der Waals surface area contributed by atoms with Gasteiger partial charge in [-0.1, -0.05) is 36.4 Å². The number of carbonyl (C=O) groups excluding carboxylic acids is 2. The molecule has 5 rings (SSSR count). The number of ether oxygens (including phenoxy) is 2. The lowest BCUT2D eigenvalue weighted by atomic mass is 9.98. The molecular weight excluding hydrogens is 527 g/mol. The quantitative estimate of drug-likeness (QED) is 0.279. The number of likely N-dealkylation sites (tertiary alicyclic amines) is 1. The number of amides is 1. The van der Waals surface area contributed by atoms with Gasteiger partial charge in [-0.15, -0.1) is 0 Å². The normalized spacial score (nSPS) is 17.2. The van der Waals surface area contributed by atoms with Crippen LogP contribution in [0, 0.1) is 0 Å². The van der Waals surface area contributed by atoms with Crippen LogP contribution in [0.4, 0.5) is 22.0 Å². The first-order chi connectivity index (χ1) is 18.5. The number of alkyl halides is 5. The number of carbonyl (C=O) groups is 2. The van der Waals surface area contributed by atoms with E-state index in [4.69, 9.17) is 4.74 Å². The molecule has 0 aliphatic carbocycles. The third-order valence-electron chi connectivity index (χ3n) is 6.17. The molecule has 1 amide bonds. The van der Waals surface area contributed by atoms with Crippen molar-refractivity contribution in [3.63, 3.8) is 0 Å². The number of fused-ring (bicyclic) bond motifs is 1. The van der Waals surface area contributed by atoms with Gasteiger partial charge in [-0.25, -0.2) is 18.6 Å². The summed E-state index contributed by atoms with van der Waals surface area (Å²) in [6.07, 6.45) is -5.02. The molecule has 8 nitrogen and oxygen atoms in total. The molecular formula is C26H19F5N4O4. The highest BCUT2D eigenvalue weighted by Gasteiger charge is 2.48. The first-order valence-corrected chi connectivity index (χ1v) is 11.6. The van der Waals surface area contributed by atoms with Gasteiger partial charge >= 0.3 is 12.1 Å². The first-order valence-electron chi connectivity index (χ1n) is 11.6. The zero-order valence-corrected chi connectivity index (χ0v) is 19.9. The molecule has 1 aliphatic rings. The summed E-state index contributed by atoms with van der Waals surface area (Å²) in [7, 11) is 0. The van der Waals surface area contributed by atoms with Crippen molar-refractivity contribution in [2.24, 2.45) is 0 Å². The number of halogens is 5. The minimum absolute atomic E-state index is 0.209. The van der Waals surface area contributed by atoms with Crippen LogP contribution in [0.5, 0.6) is 11.6 Å². The van der Waals surface area contributed by atoms with Crippen molar-refractivity contribution < 1.29 is 41.0 Å². The highest BCUT2D eigenvalue weighted by atomic mass is 19.4. The lowest BCUT2D eigenvalue weighted by Gasteiger charge is -2.38. The molecule has 1 aliphatic heterocycles. The number of pyridine rings is 1. The maximum absolute atomic E-state index is 15.0. The van der Waals surface area contributed by atoms with Gasteiger partial charge in [0.1, 0.15) is 0 Å². The Labute approximate surface area is 217 Å². The number of benzene rings is 2. The molecule has 1 saturated heterocycles. The molecule has 1 N–H and O–H groups in total. The molecule has 3 heterocycles. The molecule has 2 aromatic heterocycles. The second kappa shape index (κ2) is 9.97. The van der Waals surface area contributed by atoms with Gasteiger partial charge in [0, 0.05) is 35.7 Å². The molecule has 4 aromatic rings. The SMILES string of the molecule is O=C(c1ccccc1-c1cn[nH]c1)N1CCC(F)(F)C(Oc2nc3ccccc3cc2OC(=O)C(F)(F)F)C1. The lowest BCUT2D eigenvalue weighted by molar-refractivity contribution is -0.190. The Balaban J connectivity index is 1.45. The predicted molar refractivity (Wildman–Crippen MR) is 127 cm³/mol. The number of esters is 1. The number of aromatic amines is 1. The standard InChI is InChI=1S/C26H19F5N4O4/c27-25(28)9-10-35(23(36)18-7-3-2-6-17(18)16-12-32-33-13-16)14-21(25)39-22-20(38-24(37)26(29,30)31)11-15-5-1-4-8-19(15)34-22/h1-8,11-13,21H,9-10,14H2,(H,32,33). The van der Waals surface area contributed by atoms with E-state index in [1.54, 1.807) is 42.6 Å². The number of H-pyrrole nitrogens is 1. The molecule has 2 aromatic carbocycles. The maximum atomic E-state index is 15.0. The Bertz CT molecular complexity index is 1520. The summed E-state index contributed by atoms with van der Waals surface area (Å²) in [5.41, 5.74) is 1.60. The molecule has 1 unspecified atom stereocenters. The summed E-state index contributed by atoms with van der Waals surface area (Å²) in [6, 6.07) is 13.7. The van der Waals surface area contributed by atoms with Crippen LogP contribution >= 0.6 is 0 Å². The minimum atomic E-state index is -5.34. The maximum Gasteiger partial charge on any atom is 0.491 e. The van der Waals surface area contributed by atoms with E-state index in [9.17, 15) is 22.8 Å². The van der Waals surface area contributed by atoms with Gasteiger partial charge in [-0.3, -0.25) is 9.89 Å². The summed E-state index contributed by atoms with van der Waals surface area (Å²) in [5, 5.41) is 6.81. The van der Waals surface area contributed by atoms with E-state index in [0.29, 0.717) is 11.1 Å². The van der Waals surface area contributed by atoms with E-state index in [1.165, 1.54) is 23.2 Å². The number of nitrogens with zero attached hydrogens (tertiary/aromatic N) is 3. The van der Waals surface area contributed by atoms with Crippen molar-refractivity contribution in [3.8, 4) is 22.8 Å². The van der Waals surface area contributed by atoms with Crippen LogP contribution in [-0.4, -0.2) is 63.3 Å². The third-order valence-corrected chi connectivity index (χ3v) is 6.17. The molecule has 13 heteroatoms. The van der Waals surface area contributed by atoms with Gasteiger partial charge in [0.2, 0.25) is 0 Å². The molecule has 0 radical (unpaired) electrons. The van der Waals surface area contributed by atoms with Crippen LogP contribution in [0.25, 0.3) is 22.0 Å². The number of hydrogen-bond donors (Lipinski definition) is 1. The van der Waals surface area contributed by atoms with E-state index in [0.717, 1.165) is 6.07 Å². The largest absolute Gasteiger partial charge is 0.491 e. The van der Waals surface area contributed by atoms with Crippen LogP contribution in [-0.2, 0) is 4.79 Å². The van der Waals surface area contributed by atoms with Gasteiger partial charge < -0.3 is 14.4 Å². The number of hydrogen-bond acceptors (Lipinski definition) is 6. The van der Waals surface area contributed by atoms with Crippen LogP contribution in [0.2, 0.25) is 0 Å².